The maximum Gasteiger partial charge on any atom is 0.274 e. The molecule has 7 heteroatoms. The number of hydrogen-bond donors (Lipinski definition) is 2. The SMILES string of the molecule is COc1cccc(Nc2cc(C(=O)Nc3cccc4cccnc34)ncn2)c1. The number of hydrogen-bond acceptors (Lipinski definition) is 6. The summed E-state index contributed by atoms with van der Waals surface area (Å²) in [6.07, 6.45) is 3.04. The molecule has 0 aliphatic rings. The van der Waals surface area contributed by atoms with Gasteiger partial charge in [-0.1, -0.05) is 24.3 Å². The number of nitrogens with zero attached hydrogens (tertiary/aromatic N) is 3. The van der Waals surface area contributed by atoms with Gasteiger partial charge in [0.15, 0.2) is 0 Å². The third kappa shape index (κ3) is 3.73. The Morgan fingerprint density at radius 1 is 0.964 bits per heavy atom. The van der Waals surface area contributed by atoms with E-state index >= 15 is 0 Å². The van der Waals surface area contributed by atoms with Crippen molar-refractivity contribution in [2.75, 3.05) is 17.7 Å². The number of aromatic nitrogens is 3. The van der Waals surface area contributed by atoms with Crippen molar-refractivity contribution in [2.45, 2.75) is 0 Å². The van der Waals surface area contributed by atoms with E-state index in [0.29, 0.717) is 11.5 Å². The van der Waals surface area contributed by atoms with Gasteiger partial charge in [-0.2, -0.15) is 0 Å². The van der Waals surface area contributed by atoms with E-state index in [1.165, 1.54) is 6.33 Å². The molecule has 138 valence electrons. The lowest BCUT2D eigenvalue weighted by atomic mass is 10.2. The highest BCUT2D eigenvalue weighted by Crippen LogP contribution is 2.22. The number of anilines is 3. The molecule has 28 heavy (non-hydrogen) atoms. The second-order valence-corrected chi connectivity index (χ2v) is 5.98. The van der Waals surface area contributed by atoms with Crippen molar-refractivity contribution in [3.8, 4) is 5.75 Å². The number of methoxy groups -OCH3 is 1. The Bertz CT molecular complexity index is 1140. The molecule has 4 rings (SSSR count). The molecule has 2 heterocycles. The zero-order chi connectivity index (χ0) is 19.3. The van der Waals surface area contributed by atoms with Gasteiger partial charge in [-0.05, 0) is 24.3 Å². The van der Waals surface area contributed by atoms with E-state index in [0.717, 1.165) is 22.3 Å². The minimum absolute atomic E-state index is 0.244. The second-order valence-electron chi connectivity index (χ2n) is 5.98. The Labute approximate surface area is 161 Å². The van der Waals surface area contributed by atoms with Gasteiger partial charge in [0.25, 0.3) is 5.91 Å². The maximum absolute atomic E-state index is 12.7. The number of fused-ring (bicyclic) bond motifs is 1. The fraction of sp³-hybridized carbons (Fsp3) is 0.0476. The van der Waals surface area contributed by atoms with Gasteiger partial charge in [-0.25, -0.2) is 9.97 Å². The van der Waals surface area contributed by atoms with E-state index in [9.17, 15) is 4.79 Å². The Morgan fingerprint density at radius 3 is 2.71 bits per heavy atom. The van der Waals surface area contributed by atoms with Crippen LogP contribution < -0.4 is 15.4 Å². The van der Waals surface area contributed by atoms with Crippen LogP contribution in [0.4, 0.5) is 17.2 Å². The first-order valence-electron chi connectivity index (χ1n) is 8.61. The van der Waals surface area contributed by atoms with Gasteiger partial charge in [0, 0.05) is 29.4 Å². The summed E-state index contributed by atoms with van der Waals surface area (Å²) in [6, 6.07) is 18.4. The number of para-hydroxylation sites is 1. The first-order chi connectivity index (χ1) is 13.7. The normalized spacial score (nSPS) is 10.5. The number of amides is 1. The predicted molar refractivity (Wildman–Crippen MR) is 108 cm³/mol. The van der Waals surface area contributed by atoms with Gasteiger partial charge < -0.3 is 15.4 Å². The largest absolute Gasteiger partial charge is 0.497 e. The quantitative estimate of drug-likeness (QED) is 0.551. The molecule has 2 N–H and O–H groups in total. The third-order valence-electron chi connectivity index (χ3n) is 4.12. The van der Waals surface area contributed by atoms with Gasteiger partial charge in [-0.15, -0.1) is 0 Å². The molecule has 4 aromatic rings. The van der Waals surface area contributed by atoms with Crippen LogP contribution in [0.25, 0.3) is 10.9 Å². The van der Waals surface area contributed by atoms with Crippen LogP contribution in [0.5, 0.6) is 5.75 Å². The highest BCUT2D eigenvalue weighted by atomic mass is 16.5. The van der Waals surface area contributed by atoms with Crippen LogP contribution in [-0.2, 0) is 0 Å². The first kappa shape index (κ1) is 17.4. The summed E-state index contributed by atoms with van der Waals surface area (Å²) in [5.41, 5.74) is 2.39. The average molecular weight is 371 g/mol. The summed E-state index contributed by atoms with van der Waals surface area (Å²) in [4.78, 5) is 25.3. The van der Waals surface area contributed by atoms with Gasteiger partial charge in [0.05, 0.1) is 18.3 Å². The average Bonchev–Trinajstić information content (AvgIpc) is 2.74. The maximum atomic E-state index is 12.7. The lowest BCUT2D eigenvalue weighted by molar-refractivity contribution is 0.102. The molecular weight excluding hydrogens is 354 g/mol. The monoisotopic (exact) mass is 371 g/mol. The van der Waals surface area contributed by atoms with E-state index in [-0.39, 0.29) is 11.6 Å². The molecule has 0 spiro atoms. The van der Waals surface area contributed by atoms with Crippen LogP contribution in [-0.4, -0.2) is 28.0 Å². The minimum atomic E-state index is -0.339. The molecule has 0 aliphatic carbocycles. The number of carbonyl (C=O) groups is 1. The summed E-state index contributed by atoms with van der Waals surface area (Å²) >= 11 is 0. The summed E-state index contributed by atoms with van der Waals surface area (Å²) in [6.45, 7) is 0. The topological polar surface area (TPSA) is 89.0 Å². The molecule has 0 aliphatic heterocycles. The van der Waals surface area contributed by atoms with Crippen LogP contribution in [0, 0.1) is 0 Å². The number of benzene rings is 2. The van der Waals surface area contributed by atoms with E-state index in [2.05, 4.69) is 25.6 Å². The smallest absolute Gasteiger partial charge is 0.274 e. The van der Waals surface area contributed by atoms with E-state index in [1.54, 1.807) is 19.4 Å². The highest BCUT2D eigenvalue weighted by molar-refractivity contribution is 6.07. The molecular formula is C21H17N5O2. The van der Waals surface area contributed by atoms with Crippen molar-refractivity contribution in [1.29, 1.82) is 0 Å². The minimum Gasteiger partial charge on any atom is -0.497 e. The van der Waals surface area contributed by atoms with Crippen molar-refractivity contribution in [2.24, 2.45) is 0 Å². The van der Waals surface area contributed by atoms with Crippen LogP contribution in [0.2, 0.25) is 0 Å². The first-order valence-corrected chi connectivity index (χ1v) is 8.61. The van der Waals surface area contributed by atoms with E-state index in [4.69, 9.17) is 4.74 Å². The molecule has 0 radical (unpaired) electrons. The molecule has 7 nitrogen and oxygen atoms in total. The number of ether oxygens (including phenoxy) is 1. The zero-order valence-electron chi connectivity index (χ0n) is 15.1. The Hall–Kier alpha value is -4.00. The van der Waals surface area contributed by atoms with Crippen molar-refractivity contribution in [1.82, 2.24) is 15.0 Å². The lowest BCUT2D eigenvalue weighted by Crippen LogP contribution is -2.14. The van der Waals surface area contributed by atoms with E-state index in [1.807, 2.05) is 54.6 Å². The van der Waals surface area contributed by atoms with E-state index < -0.39 is 0 Å². The molecule has 0 fully saturated rings. The third-order valence-corrected chi connectivity index (χ3v) is 4.12. The van der Waals surface area contributed by atoms with Crippen molar-refractivity contribution in [3.63, 3.8) is 0 Å². The van der Waals surface area contributed by atoms with Crippen LogP contribution in [0.3, 0.4) is 0 Å². The molecule has 0 bridgehead atoms. The van der Waals surface area contributed by atoms with Crippen LogP contribution >= 0.6 is 0 Å². The number of rotatable bonds is 5. The predicted octanol–water partition coefficient (Wildman–Crippen LogP) is 4.03. The molecule has 1 amide bonds. The molecule has 2 aromatic heterocycles. The molecule has 0 saturated carbocycles. The Morgan fingerprint density at radius 2 is 1.82 bits per heavy atom. The molecule has 0 unspecified atom stereocenters. The summed E-state index contributed by atoms with van der Waals surface area (Å²) in [5, 5.41) is 6.96. The molecule has 0 saturated heterocycles. The fourth-order valence-corrected chi connectivity index (χ4v) is 2.79. The van der Waals surface area contributed by atoms with Crippen molar-refractivity contribution >= 4 is 34.0 Å². The Balaban J connectivity index is 1.56. The molecule has 2 aromatic carbocycles. The fourth-order valence-electron chi connectivity index (χ4n) is 2.79. The highest BCUT2D eigenvalue weighted by Gasteiger charge is 2.12. The van der Waals surface area contributed by atoms with Gasteiger partial charge in [0.2, 0.25) is 0 Å². The number of pyridine rings is 1. The summed E-state index contributed by atoms with van der Waals surface area (Å²) in [7, 11) is 1.61. The Kier molecular flexibility index (Phi) is 4.79. The van der Waals surface area contributed by atoms with Crippen molar-refractivity contribution < 1.29 is 9.53 Å². The zero-order valence-corrected chi connectivity index (χ0v) is 15.1. The van der Waals surface area contributed by atoms with Gasteiger partial charge in [-0.3, -0.25) is 9.78 Å². The van der Waals surface area contributed by atoms with Gasteiger partial charge in [0.1, 0.15) is 23.6 Å². The number of nitrogens with one attached hydrogen (secondary N) is 2. The molecule has 0 atom stereocenters. The summed E-state index contributed by atoms with van der Waals surface area (Å²) in [5.74, 6) is 0.888. The summed E-state index contributed by atoms with van der Waals surface area (Å²) < 4.78 is 5.21. The lowest BCUT2D eigenvalue weighted by Gasteiger charge is -2.09. The van der Waals surface area contributed by atoms with Crippen LogP contribution in [0.15, 0.2) is 73.2 Å². The van der Waals surface area contributed by atoms with Gasteiger partial charge >= 0.3 is 0 Å². The number of carbonyl (C=O) groups excluding carboxylic acids is 1. The standard InChI is InChI=1S/C21H17N5O2/c1-28-16-8-3-7-15(11-16)25-19-12-18(23-13-24-19)21(27)26-17-9-2-5-14-6-4-10-22-20(14)17/h2-13H,1H3,(H,26,27)(H,23,24,25). The van der Waals surface area contributed by atoms with Crippen LogP contribution in [0.1, 0.15) is 10.5 Å². The van der Waals surface area contributed by atoms with Crippen molar-refractivity contribution in [3.05, 3.63) is 78.9 Å². The second kappa shape index (κ2) is 7.71.